The Balaban J connectivity index is 2.39. The van der Waals surface area contributed by atoms with Crippen LogP contribution in [0.3, 0.4) is 0 Å². The third-order valence-corrected chi connectivity index (χ3v) is 3.46. The normalized spacial score (nSPS) is 10.7. The first kappa shape index (κ1) is 12.8. The molecule has 0 fully saturated rings. The molecule has 94 valence electrons. The first-order chi connectivity index (χ1) is 8.59. The molecule has 3 heteroatoms. The number of benzene rings is 1. The fraction of sp³-hybridized carbons (Fsp3) is 0.267. The zero-order valence-corrected chi connectivity index (χ0v) is 11.6. The number of carbonyl (C=O) groups excluding carboxylic acids is 1. The van der Waals surface area contributed by atoms with Crippen molar-refractivity contribution < 1.29 is 9.53 Å². The van der Waals surface area contributed by atoms with E-state index in [0.717, 1.165) is 11.1 Å². The lowest BCUT2D eigenvalue weighted by Gasteiger charge is -2.13. The zero-order valence-electron chi connectivity index (χ0n) is 10.8. The molecule has 18 heavy (non-hydrogen) atoms. The Hall–Kier alpha value is -1.61. The quantitative estimate of drug-likeness (QED) is 0.774. The topological polar surface area (TPSA) is 26.3 Å². The Morgan fingerprint density at radius 1 is 1.17 bits per heavy atom. The van der Waals surface area contributed by atoms with Gasteiger partial charge < -0.3 is 4.74 Å². The second-order valence-corrected chi connectivity index (χ2v) is 5.20. The van der Waals surface area contributed by atoms with E-state index in [1.165, 1.54) is 0 Å². The van der Waals surface area contributed by atoms with Crippen LogP contribution in [-0.4, -0.2) is 11.9 Å². The number of aryl methyl sites for hydroxylation is 1. The highest BCUT2D eigenvalue weighted by molar-refractivity contribution is 7.08. The average Bonchev–Trinajstić information content (AvgIpc) is 2.74. The maximum atomic E-state index is 12.5. The minimum atomic E-state index is 0.0324. The lowest BCUT2D eigenvalue weighted by atomic mass is 10.0. The number of hydrogen-bond acceptors (Lipinski definition) is 3. The summed E-state index contributed by atoms with van der Waals surface area (Å²) in [6, 6.07) is 7.41. The molecule has 0 aliphatic rings. The molecule has 0 saturated heterocycles. The minimum Gasteiger partial charge on any atom is -0.490 e. The monoisotopic (exact) mass is 260 g/mol. The smallest absolute Gasteiger partial charge is 0.197 e. The molecule has 0 saturated carbocycles. The van der Waals surface area contributed by atoms with E-state index in [-0.39, 0.29) is 11.9 Å². The van der Waals surface area contributed by atoms with E-state index in [2.05, 4.69) is 0 Å². The highest BCUT2D eigenvalue weighted by Gasteiger charge is 2.17. The van der Waals surface area contributed by atoms with Crippen molar-refractivity contribution in [1.29, 1.82) is 0 Å². The molecule has 0 atom stereocenters. The summed E-state index contributed by atoms with van der Waals surface area (Å²) in [7, 11) is 0. The second-order valence-electron chi connectivity index (χ2n) is 4.46. The third kappa shape index (κ3) is 2.62. The van der Waals surface area contributed by atoms with Gasteiger partial charge in [0.25, 0.3) is 0 Å². The summed E-state index contributed by atoms with van der Waals surface area (Å²) < 4.78 is 5.69. The first-order valence-electron chi connectivity index (χ1n) is 5.92. The number of carbonyl (C=O) groups is 1. The molecular formula is C15H16O2S. The SMILES string of the molecule is Cc1cscc1C(=O)c1ccccc1OC(C)C. The molecule has 1 aromatic heterocycles. The van der Waals surface area contributed by atoms with Crippen LogP contribution in [0.15, 0.2) is 35.0 Å². The fourth-order valence-electron chi connectivity index (χ4n) is 1.75. The molecule has 0 aliphatic heterocycles. The van der Waals surface area contributed by atoms with E-state index in [1.807, 2.05) is 55.8 Å². The van der Waals surface area contributed by atoms with Gasteiger partial charge >= 0.3 is 0 Å². The van der Waals surface area contributed by atoms with Gasteiger partial charge in [0.1, 0.15) is 5.75 Å². The largest absolute Gasteiger partial charge is 0.490 e. The van der Waals surface area contributed by atoms with Gasteiger partial charge in [-0.15, -0.1) is 0 Å². The highest BCUT2D eigenvalue weighted by atomic mass is 32.1. The number of para-hydroxylation sites is 1. The molecule has 0 radical (unpaired) electrons. The van der Waals surface area contributed by atoms with Crippen LogP contribution in [0, 0.1) is 6.92 Å². The Kier molecular flexibility index (Phi) is 3.82. The molecule has 0 N–H and O–H groups in total. The van der Waals surface area contributed by atoms with Crippen LogP contribution in [0.5, 0.6) is 5.75 Å². The van der Waals surface area contributed by atoms with Crippen molar-refractivity contribution in [3.63, 3.8) is 0 Å². The van der Waals surface area contributed by atoms with E-state index in [9.17, 15) is 4.79 Å². The van der Waals surface area contributed by atoms with Gasteiger partial charge in [-0.1, -0.05) is 12.1 Å². The number of thiophene rings is 1. The van der Waals surface area contributed by atoms with E-state index >= 15 is 0 Å². The Labute approximate surface area is 111 Å². The summed E-state index contributed by atoms with van der Waals surface area (Å²) in [6.45, 7) is 5.86. The van der Waals surface area contributed by atoms with E-state index in [4.69, 9.17) is 4.74 Å². The minimum absolute atomic E-state index is 0.0324. The lowest BCUT2D eigenvalue weighted by molar-refractivity contribution is 0.103. The second kappa shape index (κ2) is 5.36. The van der Waals surface area contributed by atoms with Crippen molar-refractivity contribution in [2.45, 2.75) is 26.9 Å². The predicted octanol–water partition coefficient (Wildman–Crippen LogP) is 4.07. The van der Waals surface area contributed by atoms with Gasteiger partial charge in [-0.25, -0.2) is 0 Å². The number of ether oxygens (including phenoxy) is 1. The zero-order chi connectivity index (χ0) is 13.1. The van der Waals surface area contributed by atoms with Gasteiger partial charge in [-0.3, -0.25) is 4.79 Å². The maximum absolute atomic E-state index is 12.5. The molecule has 0 amide bonds. The summed E-state index contributed by atoms with van der Waals surface area (Å²) in [5.41, 5.74) is 2.41. The van der Waals surface area contributed by atoms with Crippen LogP contribution in [0.25, 0.3) is 0 Å². The molecule has 2 rings (SSSR count). The van der Waals surface area contributed by atoms with Crippen LogP contribution in [0.1, 0.15) is 35.3 Å². The highest BCUT2D eigenvalue weighted by Crippen LogP contribution is 2.25. The summed E-state index contributed by atoms with van der Waals surface area (Å²) in [5.74, 6) is 0.688. The van der Waals surface area contributed by atoms with Crippen LogP contribution >= 0.6 is 11.3 Å². The Bertz CT molecular complexity index is 555. The first-order valence-corrected chi connectivity index (χ1v) is 6.87. The van der Waals surface area contributed by atoms with Gasteiger partial charge in [-0.2, -0.15) is 11.3 Å². The lowest BCUT2D eigenvalue weighted by Crippen LogP contribution is -2.10. The van der Waals surface area contributed by atoms with Gasteiger partial charge in [-0.05, 0) is 43.8 Å². The standard InChI is InChI=1S/C15H16O2S/c1-10(2)17-14-7-5-4-6-12(14)15(16)13-9-18-8-11(13)3/h4-10H,1-3H3. The van der Waals surface area contributed by atoms with Crippen LogP contribution < -0.4 is 4.74 Å². The van der Waals surface area contributed by atoms with E-state index in [0.29, 0.717) is 11.3 Å². The van der Waals surface area contributed by atoms with Crippen molar-refractivity contribution in [2.24, 2.45) is 0 Å². The summed E-state index contributed by atoms with van der Waals surface area (Å²) in [4.78, 5) is 12.5. The summed E-state index contributed by atoms with van der Waals surface area (Å²) in [5, 5.41) is 3.88. The molecule has 1 aromatic carbocycles. The average molecular weight is 260 g/mol. The van der Waals surface area contributed by atoms with Crippen molar-refractivity contribution in [1.82, 2.24) is 0 Å². The third-order valence-electron chi connectivity index (χ3n) is 2.59. The van der Waals surface area contributed by atoms with Gasteiger partial charge in [0.05, 0.1) is 11.7 Å². The van der Waals surface area contributed by atoms with E-state index < -0.39 is 0 Å². The van der Waals surface area contributed by atoms with Gasteiger partial charge in [0.15, 0.2) is 5.78 Å². The Morgan fingerprint density at radius 3 is 2.50 bits per heavy atom. The molecule has 2 aromatic rings. The maximum Gasteiger partial charge on any atom is 0.197 e. The molecular weight excluding hydrogens is 244 g/mol. The fourth-order valence-corrected chi connectivity index (χ4v) is 2.58. The van der Waals surface area contributed by atoms with Crippen LogP contribution in [-0.2, 0) is 0 Å². The summed E-state index contributed by atoms with van der Waals surface area (Å²) in [6.07, 6.45) is 0.0579. The molecule has 0 bridgehead atoms. The predicted molar refractivity (Wildman–Crippen MR) is 74.7 cm³/mol. The van der Waals surface area contributed by atoms with Crippen molar-refractivity contribution >= 4 is 17.1 Å². The summed E-state index contributed by atoms with van der Waals surface area (Å²) >= 11 is 1.55. The van der Waals surface area contributed by atoms with Crippen molar-refractivity contribution in [3.05, 3.63) is 51.7 Å². The molecule has 0 spiro atoms. The molecule has 2 nitrogen and oxygen atoms in total. The molecule has 0 aliphatic carbocycles. The van der Waals surface area contributed by atoms with Gasteiger partial charge in [0.2, 0.25) is 0 Å². The molecule has 1 heterocycles. The number of rotatable bonds is 4. The van der Waals surface area contributed by atoms with Crippen LogP contribution in [0.2, 0.25) is 0 Å². The number of hydrogen-bond donors (Lipinski definition) is 0. The molecule has 0 unspecified atom stereocenters. The number of ketones is 1. The van der Waals surface area contributed by atoms with Gasteiger partial charge in [0, 0.05) is 10.9 Å². The Morgan fingerprint density at radius 2 is 1.89 bits per heavy atom. The van der Waals surface area contributed by atoms with Crippen molar-refractivity contribution in [3.8, 4) is 5.75 Å². The van der Waals surface area contributed by atoms with E-state index in [1.54, 1.807) is 11.3 Å². The van der Waals surface area contributed by atoms with Crippen LogP contribution in [0.4, 0.5) is 0 Å². The van der Waals surface area contributed by atoms with Crippen molar-refractivity contribution in [2.75, 3.05) is 0 Å².